The number of fused-ring (bicyclic) bond motifs is 2. The number of allylic oxidation sites excluding steroid dienone is 2. The van der Waals surface area contributed by atoms with E-state index in [4.69, 9.17) is 4.74 Å². The fraction of sp³-hybridized carbons (Fsp3) is 0.793. The maximum atomic E-state index is 11.0. The van der Waals surface area contributed by atoms with E-state index < -0.39 is 11.2 Å². The van der Waals surface area contributed by atoms with Gasteiger partial charge in [0.15, 0.2) is 0 Å². The van der Waals surface area contributed by atoms with Gasteiger partial charge >= 0.3 is 0 Å². The third-order valence-electron chi connectivity index (χ3n) is 10.4. The highest BCUT2D eigenvalue weighted by Crippen LogP contribution is 2.71. The monoisotopic (exact) mass is 442 g/mol. The zero-order valence-corrected chi connectivity index (χ0v) is 21.3. The van der Waals surface area contributed by atoms with Crippen molar-refractivity contribution in [3.63, 3.8) is 0 Å². The van der Waals surface area contributed by atoms with Crippen LogP contribution in [-0.2, 0) is 4.74 Å². The number of hydrogen-bond donors (Lipinski definition) is 2. The summed E-state index contributed by atoms with van der Waals surface area (Å²) < 4.78 is 6.04. The summed E-state index contributed by atoms with van der Waals surface area (Å²) in [6.45, 7) is 15.2. The molecule has 0 saturated heterocycles. The zero-order chi connectivity index (χ0) is 23.5. The Morgan fingerprint density at radius 1 is 1.19 bits per heavy atom. The lowest BCUT2D eigenvalue weighted by Gasteiger charge is -2.44. The first-order valence-electron chi connectivity index (χ1n) is 13.0. The van der Waals surface area contributed by atoms with Gasteiger partial charge in [-0.25, -0.2) is 0 Å². The molecule has 4 saturated carbocycles. The van der Waals surface area contributed by atoms with Crippen LogP contribution in [0.15, 0.2) is 36.0 Å². The molecule has 0 heterocycles. The molecule has 2 N–H and O–H groups in total. The Bertz CT molecular complexity index is 807. The maximum absolute atomic E-state index is 11.0. The molecule has 3 heteroatoms. The standard InChI is InChI=1S/C29H46O3/c1-19(2)27(6,30)15-12-20(3)23-10-11-24-22(9-8-14-26(23,24)5)17-25(32-7)29-18-28(29,31)16-13-21(29)4/h12,15,17,19-20,23-25,30-31H,4,8-11,13-14,16,18H2,1-3,5-7H3/b15-12+,22-17+/t20-,23-,24+,25?,26-,27-,28-,29?/m1/s1. The third kappa shape index (κ3) is 3.58. The highest BCUT2D eigenvalue weighted by atomic mass is 16.5. The highest BCUT2D eigenvalue weighted by Gasteiger charge is 2.74. The third-order valence-corrected chi connectivity index (χ3v) is 10.4. The van der Waals surface area contributed by atoms with Gasteiger partial charge in [0.25, 0.3) is 0 Å². The Kier molecular flexibility index (Phi) is 6.13. The van der Waals surface area contributed by atoms with Crippen molar-refractivity contribution >= 4 is 0 Å². The summed E-state index contributed by atoms with van der Waals surface area (Å²) in [6.07, 6.45) is 15.4. The Morgan fingerprint density at radius 2 is 1.91 bits per heavy atom. The number of rotatable bonds is 7. The smallest absolute Gasteiger partial charge is 0.0876 e. The predicted octanol–water partition coefficient (Wildman–Crippen LogP) is 6.21. The molecule has 4 rings (SSSR count). The molecule has 0 aromatic heterocycles. The fourth-order valence-electron chi connectivity index (χ4n) is 7.75. The number of ether oxygens (including phenoxy) is 1. The van der Waals surface area contributed by atoms with Crippen LogP contribution >= 0.6 is 0 Å². The fourth-order valence-corrected chi connectivity index (χ4v) is 7.75. The molecule has 4 aliphatic carbocycles. The average Bonchev–Trinajstić information content (AvgIpc) is 3.07. The lowest BCUT2D eigenvalue weighted by molar-refractivity contribution is 0.0384. The number of methoxy groups -OCH3 is 1. The van der Waals surface area contributed by atoms with Crippen molar-refractivity contribution in [1.82, 2.24) is 0 Å². The van der Waals surface area contributed by atoms with Crippen LogP contribution < -0.4 is 0 Å². The molecule has 8 atom stereocenters. The lowest BCUT2D eigenvalue weighted by Crippen LogP contribution is -2.37. The molecule has 4 aliphatic rings. The summed E-state index contributed by atoms with van der Waals surface area (Å²) in [7, 11) is 1.80. The Balaban J connectivity index is 1.55. The molecule has 0 spiro atoms. The van der Waals surface area contributed by atoms with Crippen LogP contribution in [0.5, 0.6) is 0 Å². The minimum Gasteiger partial charge on any atom is -0.389 e. The van der Waals surface area contributed by atoms with Gasteiger partial charge in [-0.05, 0) is 87.4 Å². The summed E-state index contributed by atoms with van der Waals surface area (Å²) in [5, 5.41) is 21.7. The normalized spacial score (nSPS) is 44.0. The van der Waals surface area contributed by atoms with E-state index in [-0.39, 0.29) is 17.4 Å². The first-order valence-corrected chi connectivity index (χ1v) is 13.0. The van der Waals surface area contributed by atoms with Crippen LogP contribution in [0.2, 0.25) is 0 Å². The minimum absolute atomic E-state index is 0.0580. The van der Waals surface area contributed by atoms with Gasteiger partial charge in [-0.2, -0.15) is 0 Å². The largest absolute Gasteiger partial charge is 0.389 e. The van der Waals surface area contributed by atoms with Gasteiger partial charge in [-0.1, -0.05) is 63.6 Å². The van der Waals surface area contributed by atoms with Crippen molar-refractivity contribution in [2.24, 2.45) is 34.5 Å². The van der Waals surface area contributed by atoms with E-state index in [0.717, 1.165) is 25.7 Å². The van der Waals surface area contributed by atoms with Gasteiger partial charge in [0.1, 0.15) is 0 Å². The van der Waals surface area contributed by atoms with Gasteiger partial charge in [-0.15, -0.1) is 0 Å². The Hall–Kier alpha value is -0.900. The van der Waals surface area contributed by atoms with Crippen molar-refractivity contribution < 1.29 is 14.9 Å². The molecule has 3 nitrogen and oxygen atoms in total. The summed E-state index contributed by atoms with van der Waals surface area (Å²) in [6, 6.07) is 0. The first-order chi connectivity index (χ1) is 14.9. The summed E-state index contributed by atoms with van der Waals surface area (Å²) in [5.41, 5.74) is 1.44. The van der Waals surface area contributed by atoms with Gasteiger partial charge in [0.2, 0.25) is 0 Å². The maximum Gasteiger partial charge on any atom is 0.0876 e. The average molecular weight is 443 g/mol. The molecule has 0 aromatic carbocycles. The molecule has 2 unspecified atom stereocenters. The molecule has 180 valence electrons. The van der Waals surface area contributed by atoms with E-state index in [1.165, 1.54) is 31.3 Å². The van der Waals surface area contributed by atoms with Crippen LogP contribution in [0.4, 0.5) is 0 Å². The molecule has 0 aromatic rings. The van der Waals surface area contributed by atoms with E-state index in [2.05, 4.69) is 46.4 Å². The van der Waals surface area contributed by atoms with Crippen molar-refractivity contribution in [3.05, 3.63) is 36.0 Å². The first kappa shape index (κ1) is 24.2. The molecular weight excluding hydrogens is 396 g/mol. The van der Waals surface area contributed by atoms with Crippen LogP contribution in [0.3, 0.4) is 0 Å². The lowest BCUT2D eigenvalue weighted by atomic mass is 9.61. The molecule has 32 heavy (non-hydrogen) atoms. The quantitative estimate of drug-likeness (QED) is 0.461. The molecule has 0 amide bonds. The van der Waals surface area contributed by atoms with E-state index in [1.54, 1.807) is 12.7 Å². The Morgan fingerprint density at radius 3 is 2.47 bits per heavy atom. The second kappa shape index (κ2) is 8.10. The summed E-state index contributed by atoms with van der Waals surface area (Å²) in [5.74, 6) is 1.89. The van der Waals surface area contributed by atoms with Crippen molar-refractivity contribution in [3.8, 4) is 0 Å². The second-order valence-corrected chi connectivity index (χ2v) is 12.4. The van der Waals surface area contributed by atoms with Crippen molar-refractivity contribution in [1.29, 1.82) is 0 Å². The molecule has 0 radical (unpaired) electrons. The summed E-state index contributed by atoms with van der Waals surface area (Å²) in [4.78, 5) is 0. The highest BCUT2D eigenvalue weighted by molar-refractivity contribution is 5.42. The molecular formula is C29H46O3. The zero-order valence-electron chi connectivity index (χ0n) is 21.3. The van der Waals surface area contributed by atoms with Gasteiger partial charge in [-0.3, -0.25) is 0 Å². The van der Waals surface area contributed by atoms with Crippen LogP contribution in [0.25, 0.3) is 0 Å². The van der Waals surface area contributed by atoms with Crippen LogP contribution in [0.1, 0.15) is 86.0 Å². The number of aliphatic hydroxyl groups is 2. The van der Waals surface area contributed by atoms with Gasteiger partial charge < -0.3 is 14.9 Å². The second-order valence-electron chi connectivity index (χ2n) is 12.4. The SMILES string of the molecule is C=C1CC[C@@]2(O)CC12C(/C=C1\CCC[C@]2(C)[C@@H]([C@H](C)/C=C/[C@@](C)(O)C(C)C)CC[C@@H]12)OC. The van der Waals surface area contributed by atoms with E-state index in [1.807, 2.05) is 13.0 Å². The van der Waals surface area contributed by atoms with Crippen molar-refractivity contribution in [2.75, 3.05) is 7.11 Å². The van der Waals surface area contributed by atoms with Gasteiger partial charge in [0.05, 0.1) is 22.7 Å². The number of hydrogen-bond acceptors (Lipinski definition) is 3. The Labute approximate surface area is 196 Å². The van der Waals surface area contributed by atoms with Crippen molar-refractivity contribution in [2.45, 2.75) is 103 Å². The molecule has 4 fully saturated rings. The van der Waals surface area contributed by atoms with E-state index in [0.29, 0.717) is 23.2 Å². The molecule has 0 aliphatic heterocycles. The van der Waals surface area contributed by atoms with Crippen LogP contribution in [-0.4, -0.2) is 34.6 Å². The minimum atomic E-state index is -0.749. The van der Waals surface area contributed by atoms with E-state index in [9.17, 15) is 10.2 Å². The topological polar surface area (TPSA) is 49.7 Å². The van der Waals surface area contributed by atoms with Gasteiger partial charge in [0, 0.05) is 7.11 Å². The molecule has 0 bridgehead atoms. The summed E-state index contributed by atoms with van der Waals surface area (Å²) >= 11 is 0. The predicted molar refractivity (Wildman–Crippen MR) is 131 cm³/mol. The van der Waals surface area contributed by atoms with Crippen LogP contribution in [0, 0.1) is 34.5 Å². The van der Waals surface area contributed by atoms with E-state index >= 15 is 0 Å².